The van der Waals surface area contributed by atoms with Crippen molar-refractivity contribution in [3.8, 4) is 5.75 Å². The molecule has 7 nitrogen and oxygen atoms in total. The highest BCUT2D eigenvalue weighted by Crippen LogP contribution is 2.49. The molecular formula is C28H31BrN4O3. The van der Waals surface area contributed by atoms with Crippen LogP contribution in [0.3, 0.4) is 0 Å². The number of halogens is 1. The Balaban J connectivity index is 1.41. The summed E-state index contributed by atoms with van der Waals surface area (Å²) >= 11 is 3.59. The summed E-state index contributed by atoms with van der Waals surface area (Å²) in [5.41, 5.74) is 2.69. The third-order valence-electron chi connectivity index (χ3n) is 8.33. The first kappa shape index (κ1) is 23.6. The minimum Gasteiger partial charge on any atom is -0.508 e. The van der Waals surface area contributed by atoms with Gasteiger partial charge in [-0.25, -0.2) is 4.79 Å². The molecule has 0 spiro atoms. The van der Waals surface area contributed by atoms with Crippen molar-refractivity contribution in [1.29, 1.82) is 0 Å². The Morgan fingerprint density at radius 1 is 1.11 bits per heavy atom. The first-order chi connectivity index (χ1) is 17.3. The highest BCUT2D eigenvalue weighted by Gasteiger charge is 2.60. The molecule has 0 radical (unpaired) electrons. The van der Waals surface area contributed by atoms with Crippen molar-refractivity contribution >= 4 is 38.8 Å². The van der Waals surface area contributed by atoms with Gasteiger partial charge in [0.2, 0.25) is 0 Å². The van der Waals surface area contributed by atoms with E-state index in [1.165, 1.54) is 4.90 Å². The number of H-pyrrole nitrogens is 1. The van der Waals surface area contributed by atoms with E-state index in [0.717, 1.165) is 64.0 Å². The van der Waals surface area contributed by atoms with E-state index in [2.05, 4.69) is 38.8 Å². The van der Waals surface area contributed by atoms with E-state index in [-0.39, 0.29) is 17.7 Å². The molecule has 0 aliphatic carbocycles. The minimum absolute atomic E-state index is 0.134. The number of piperidine rings is 1. The van der Waals surface area contributed by atoms with Gasteiger partial charge in [0, 0.05) is 40.6 Å². The predicted molar refractivity (Wildman–Crippen MR) is 142 cm³/mol. The average Bonchev–Trinajstić information content (AvgIpc) is 3.29. The van der Waals surface area contributed by atoms with Crippen molar-refractivity contribution in [2.24, 2.45) is 5.92 Å². The van der Waals surface area contributed by atoms with Crippen LogP contribution in [0.25, 0.3) is 10.9 Å². The van der Waals surface area contributed by atoms with Gasteiger partial charge >= 0.3 is 6.03 Å². The molecule has 1 aromatic heterocycles. The second-order valence-corrected chi connectivity index (χ2v) is 11.7. The molecule has 3 aromatic rings. The number of phenols is 1. The number of benzene rings is 2. The lowest BCUT2D eigenvalue weighted by molar-refractivity contribution is -0.133. The number of carbonyl (C=O) groups is 2. The number of aromatic nitrogens is 1. The van der Waals surface area contributed by atoms with Crippen LogP contribution in [-0.2, 0) is 11.2 Å². The number of amides is 3. The summed E-state index contributed by atoms with van der Waals surface area (Å²) < 4.78 is 0.963. The van der Waals surface area contributed by atoms with Gasteiger partial charge in [0.1, 0.15) is 17.3 Å². The van der Waals surface area contributed by atoms with Gasteiger partial charge < -0.3 is 15.0 Å². The first-order valence-corrected chi connectivity index (χ1v) is 13.5. The van der Waals surface area contributed by atoms with Gasteiger partial charge in [-0.1, -0.05) is 35.0 Å². The highest BCUT2D eigenvalue weighted by atomic mass is 79.9. The van der Waals surface area contributed by atoms with Crippen LogP contribution in [0, 0.1) is 5.92 Å². The third-order valence-corrected chi connectivity index (χ3v) is 8.82. The van der Waals surface area contributed by atoms with Crippen molar-refractivity contribution in [3.63, 3.8) is 0 Å². The van der Waals surface area contributed by atoms with Crippen LogP contribution in [0.5, 0.6) is 5.75 Å². The fraction of sp³-hybridized carbons (Fsp3) is 0.429. The number of aromatic hydroxyl groups is 1. The van der Waals surface area contributed by atoms with Gasteiger partial charge in [-0.05, 0) is 80.2 Å². The number of nitrogens with one attached hydrogen (secondary N) is 1. The van der Waals surface area contributed by atoms with E-state index in [4.69, 9.17) is 0 Å². The molecule has 3 aliphatic rings. The number of nitrogens with zero attached hydrogens (tertiary/aromatic N) is 3. The van der Waals surface area contributed by atoms with E-state index in [1.54, 1.807) is 23.1 Å². The molecule has 0 bridgehead atoms. The molecule has 6 rings (SSSR count). The molecule has 2 atom stereocenters. The number of hydrogen-bond acceptors (Lipinski definition) is 4. The summed E-state index contributed by atoms with van der Waals surface area (Å²) in [5.74, 6) is 0.725. The predicted octanol–water partition coefficient (Wildman–Crippen LogP) is 5.04. The quantitative estimate of drug-likeness (QED) is 0.446. The summed E-state index contributed by atoms with van der Waals surface area (Å²) in [6, 6.07) is 12.3. The molecule has 8 heteroatoms. The topological polar surface area (TPSA) is 79.9 Å². The number of aromatic amines is 1. The molecule has 188 valence electrons. The van der Waals surface area contributed by atoms with Crippen molar-refractivity contribution in [3.05, 3.63) is 63.8 Å². The molecule has 3 amide bonds. The van der Waals surface area contributed by atoms with Gasteiger partial charge in [0.15, 0.2) is 0 Å². The number of likely N-dealkylation sites (tertiary alicyclic amines) is 1. The maximum atomic E-state index is 14.0. The smallest absolute Gasteiger partial charge is 0.328 e. The van der Waals surface area contributed by atoms with Crippen molar-refractivity contribution in [2.45, 2.75) is 44.7 Å². The van der Waals surface area contributed by atoms with Crippen molar-refractivity contribution in [1.82, 2.24) is 19.7 Å². The number of fused-ring (bicyclic) bond motifs is 4. The lowest BCUT2D eigenvalue weighted by atomic mass is 9.81. The maximum absolute atomic E-state index is 14.0. The molecule has 36 heavy (non-hydrogen) atoms. The van der Waals surface area contributed by atoms with Gasteiger partial charge in [-0.2, -0.15) is 0 Å². The molecular weight excluding hydrogens is 520 g/mol. The fourth-order valence-electron chi connectivity index (χ4n) is 6.25. The Morgan fingerprint density at radius 3 is 2.64 bits per heavy atom. The Hall–Kier alpha value is -2.84. The number of imide groups is 1. The standard InChI is InChI=1S/C28H31BrN4O3/c1-17-8-10-31(11-9-17)12-13-32-26(35)28(2)16-22-21-15-19(29)6-7-23(21)30-24(22)25(33(28)27(32)36)18-4-3-5-20(34)14-18/h3-7,14-15,17,25,30,34H,8-13,16H2,1-2H3/t25-,28+/m1/s1. The zero-order valence-corrected chi connectivity index (χ0v) is 22.2. The number of rotatable bonds is 4. The van der Waals surface area contributed by atoms with Crippen molar-refractivity contribution < 1.29 is 14.7 Å². The normalized spacial score (nSPS) is 25.0. The lowest BCUT2D eigenvalue weighted by Gasteiger charge is -2.42. The minimum atomic E-state index is -1.01. The maximum Gasteiger partial charge on any atom is 0.328 e. The van der Waals surface area contributed by atoms with Crippen LogP contribution in [0.4, 0.5) is 4.79 Å². The Kier molecular flexibility index (Phi) is 5.64. The van der Waals surface area contributed by atoms with E-state index in [9.17, 15) is 14.7 Å². The Morgan fingerprint density at radius 2 is 1.89 bits per heavy atom. The third kappa shape index (κ3) is 3.65. The summed E-state index contributed by atoms with van der Waals surface area (Å²) in [4.78, 5) is 37.0. The summed E-state index contributed by atoms with van der Waals surface area (Å²) in [6.07, 6.45) is 2.75. The largest absolute Gasteiger partial charge is 0.508 e. The number of urea groups is 1. The van der Waals surface area contributed by atoms with Crippen LogP contribution >= 0.6 is 15.9 Å². The van der Waals surface area contributed by atoms with Gasteiger partial charge in [0.05, 0.1) is 0 Å². The number of hydrogen-bond donors (Lipinski definition) is 2. The summed E-state index contributed by atoms with van der Waals surface area (Å²) in [5, 5.41) is 11.3. The van der Waals surface area contributed by atoms with Crippen LogP contribution in [0.15, 0.2) is 46.9 Å². The molecule has 4 heterocycles. The molecule has 0 unspecified atom stereocenters. The van der Waals surface area contributed by atoms with Gasteiger partial charge in [-0.3, -0.25) is 14.6 Å². The molecule has 3 aliphatic heterocycles. The van der Waals surface area contributed by atoms with Gasteiger partial charge in [0.25, 0.3) is 5.91 Å². The Labute approximate surface area is 219 Å². The van der Waals surface area contributed by atoms with E-state index in [1.807, 2.05) is 25.1 Å². The highest BCUT2D eigenvalue weighted by molar-refractivity contribution is 9.10. The van der Waals surface area contributed by atoms with Crippen LogP contribution in [0.1, 0.15) is 49.6 Å². The van der Waals surface area contributed by atoms with Crippen LogP contribution in [0.2, 0.25) is 0 Å². The van der Waals surface area contributed by atoms with Crippen LogP contribution in [-0.4, -0.2) is 68.4 Å². The number of phenolic OH excluding ortho intramolecular Hbond substituents is 1. The SMILES string of the molecule is CC1CCN(CCN2C(=O)N3[C@H](c4cccc(O)c4)c4[nH]c5ccc(Br)cc5c4C[C@@]3(C)C2=O)CC1. The second-order valence-electron chi connectivity index (χ2n) is 10.8. The number of carbonyl (C=O) groups excluding carboxylic acids is 2. The zero-order valence-electron chi connectivity index (χ0n) is 20.6. The monoisotopic (exact) mass is 550 g/mol. The second kappa shape index (κ2) is 8.63. The fourth-order valence-corrected chi connectivity index (χ4v) is 6.61. The Bertz CT molecular complexity index is 1360. The molecule has 2 aromatic carbocycles. The van der Waals surface area contributed by atoms with E-state index in [0.29, 0.717) is 19.5 Å². The van der Waals surface area contributed by atoms with E-state index >= 15 is 0 Å². The van der Waals surface area contributed by atoms with Crippen LogP contribution < -0.4 is 0 Å². The molecule has 2 N–H and O–H groups in total. The average molecular weight is 551 g/mol. The molecule has 2 saturated heterocycles. The first-order valence-electron chi connectivity index (χ1n) is 12.7. The summed E-state index contributed by atoms with van der Waals surface area (Å²) in [6.45, 7) is 7.29. The van der Waals surface area contributed by atoms with E-state index < -0.39 is 11.6 Å². The molecule has 2 fully saturated rings. The summed E-state index contributed by atoms with van der Waals surface area (Å²) in [7, 11) is 0. The molecule has 0 saturated carbocycles. The zero-order chi connectivity index (χ0) is 25.2. The lowest BCUT2D eigenvalue weighted by Crippen LogP contribution is -2.53. The van der Waals surface area contributed by atoms with Gasteiger partial charge in [-0.15, -0.1) is 0 Å². The van der Waals surface area contributed by atoms with Crippen molar-refractivity contribution in [2.75, 3.05) is 26.2 Å².